The average molecular weight is 241 g/mol. The number of carbonyl (C=O) groups is 1. The minimum absolute atomic E-state index is 0.520. The van der Waals surface area contributed by atoms with E-state index in [-0.39, 0.29) is 0 Å². The maximum Gasteiger partial charge on any atom is 0.324 e. The monoisotopic (exact) mass is 241 g/mol. The van der Waals surface area contributed by atoms with Gasteiger partial charge in [0.15, 0.2) is 0 Å². The van der Waals surface area contributed by atoms with E-state index in [0.29, 0.717) is 12.3 Å². The van der Waals surface area contributed by atoms with Gasteiger partial charge >= 0.3 is 5.97 Å². The molecule has 2 saturated heterocycles. The zero-order valence-electron chi connectivity index (χ0n) is 10.7. The number of likely N-dealkylation sites (tertiary alicyclic amines) is 1. The Labute approximate surface area is 103 Å². The summed E-state index contributed by atoms with van der Waals surface area (Å²) >= 11 is 0. The smallest absolute Gasteiger partial charge is 0.324 e. The molecule has 2 rings (SSSR count). The second-order valence-corrected chi connectivity index (χ2v) is 5.32. The summed E-state index contributed by atoms with van der Waals surface area (Å²) in [5.74, 6) is -0.124. The van der Waals surface area contributed by atoms with Crippen LogP contribution in [-0.4, -0.2) is 47.8 Å². The second-order valence-electron chi connectivity index (χ2n) is 5.32. The molecule has 2 heterocycles. The molecule has 0 bridgehead atoms. The van der Waals surface area contributed by atoms with Gasteiger partial charge in [-0.3, -0.25) is 9.69 Å². The Morgan fingerprint density at radius 1 is 1.53 bits per heavy atom. The van der Waals surface area contributed by atoms with Crippen molar-refractivity contribution < 1.29 is 14.6 Å². The van der Waals surface area contributed by atoms with Crippen molar-refractivity contribution in [2.24, 2.45) is 5.92 Å². The van der Waals surface area contributed by atoms with E-state index >= 15 is 0 Å². The van der Waals surface area contributed by atoms with E-state index in [4.69, 9.17) is 4.74 Å². The third kappa shape index (κ3) is 2.47. The first-order valence-corrected chi connectivity index (χ1v) is 6.75. The summed E-state index contributed by atoms with van der Waals surface area (Å²) in [5, 5.41) is 9.49. The summed E-state index contributed by atoms with van der Waals surface area (Å²) in [7, 11) is 0. The highest BCUT2D eigenvalue weighted by Gasteiger charge is 2.46. The third-order valence-corrected chi connectivity index (χ3v) is 4.34. The first kappa shape index (κ1) is 12.8. The summed E-state index contributed by atoms with van der Waals surface area (Å²) in [4.78, 5) is 13.7. The van der Waals surface area contributed by atoms with Crippen LogP contribution >= 0.6 is 0 Å². The SMILES string of the molecule is CCC1(C(=O)O)CCCN1CC1CCCOC1. The molecule has 17 heavy (non-hydrogen) atoms. The molecule has 4 heteroatoms. The zero-order chi connectivity index (χ0) is 12.3. The van der Waals surface area contributed by atoms with Gasteiger partial charge < -0.3 is 9.84 Å². The van der Waals surface area contributed by atoms with Crippen LogP contribution < -0.4 is 0 Å². The van der Waals surface area contributed by atoms with Crippen LogP contribution in [0, 0.1) is 5.92 Å². The van der Waals surface area contributed by atoms with Crippen molar-refractivity contribution >= 4 is 5.97 Å². The Balaban J connectivity index is 2.00. The molecule has 0 aromatic carbocycles. The standard InChI is InChI=1S/C13H23NO3/c1-2-13(12(15)16)6-4-7-14(13)9-11-5-3-8-17-10-11/h11H,2-10H2,1H3,(H,15,16). The Morgan fingerprint density at radius 3 is 2.94 bits per heavy atom. The Morgan fingerprint density at radius 2 is 2.35 bits per heavy atom. The van der Waals surface area contributed by atoms with Crippen molar-refractivity contribution in [3.63, 3.8) is 0 Å². The lowest BCUT2D eigenvalue weighted by molar-refractivity contribution is -0.150. The van der Waals surface area contributed by atoms with Crippen molar-refractivity contribution in [3.05, 3.63) is 0 Å². The van der Waals surface area contributed by atoms with Crippen molar-refractivity contribution in [2.45, 2.75) is 44.6 Å². The highest BCUT2D eigenvalue weighted by Crippen LogP contribution is 2.34. The van der Waals surface area contributed by atoms with Crippen molar-refractivity contribution in [1.29, 1.82) is 0 Å². The number of ether oxygens (including phenoxy) is 1. The minimum atomic E-state index is -0.644. The van der Waals surface area contributed by atoms with Gasteiger partial charge in [0.05, 0.1) is 6.61 Å². The second kappa shape index (κ2) is 5.36. The molecule has 2 unspecified atom stereocenters. The van der Waals surface area contributed by atoms with Crippen LogP contribution in [-0.2, 0) is 9.53 Å². The van der Waals surface area contributed by atoms with Gasteiger partial charge in [-0.15, -0.1) is 0 Å². The molecule has 0 aliphatic carbocycles. The fraction of sp³-hybridized carbons (Fsp3) is 0.923. The molecule has 0 amide bonds. The lowest BCUT2D eigenvalue weighted by Gasteiger charge is -2.37. The van der Waals surface area contributed by atoms with Crippen molar-refractivity contribution in [1.82, 2.24) is 4.90 Å². The lowest BCUT2D eigenvalue weighted by atomic mass is 9.91. The molecule has 1 N–H and O–H groups in total. The fourth-order valence-corrected chi connectivity index (χ4v) is 3.26. The average Bonchev–Trinajstić information content (AvgIpc) is 2.74. The van der Waals surface area contributed by atoms with E-state index in [1.807, 2.05) is 6.92 Å². The van der Waals surface area contributed by atoms with E-state index in [1.54, 1.807) is 0 Å². The van der Waals surface area contributed by atoms with Crippen LogP contribution in [0.5, 0.6) is 0 Å². The highest BCUT2D eigenvalue weighted by atomic mass is 16.5. The molecule has 2 aliphatic heterocycles. The van der Waals surface area contributed by atoms with Crippen molar-refractivity contribution in [2.75, 3.05) is 26.3 Å². The molecule has 2 aliphatic rings. The molecule has 2 fully saturated rings. The van der Waals surface area contributed by atoms with Gasteiger partial charge in [-0.2, -0.15) is 0 Å². The molecule has 0 saturated carbocycles. The summed E-state index contributed by atoms with van der Waals surface area (Å²) in [6.45, 7) is 5.48. The summed E-state index contributed by atoms with van der Waals surface area (Å²) in [5.41, 5.74) is -0.600. The van der Waals surface area contributed by atoms with Gasteiger partial charge in [-0.25, -0.2) is 0 Å². The molecule has 98 valence electrons. The van der Waals surface area contributed by atoms with Crippen LogP contribution in [0.3, 0.4) is 0 Å². The van der Waals surface area contributed by atoms with Gasteiger partial charge in [0.2, 0.25) is 0 Å². The van der Waals surface area contributed by atoms with E-state index in [1.165, 1.54) is 6.42 Å². The maximum atomic E-state index is 11.5. The molecule has 0 aromatic rings. The van der Waals surface area contributed by atoms with Crippen LogP contribution in [0.1, 0.15) is 39.0 Å². The van der Waals surface area contributed by atoms with Crippen LogP contribution in [0.15, 0.2) is 0 Å². The van der Waals surface area contributed by atoms with E-state index in [9.17, 15) is 9.90 Å². The van der Waals surface area contributed by atoms with Gasteiger partial charge in [-0.1, -0.05) is 6.92 Å². The quantitative estimate of drug-likeness (QED) is 0.814. The number of carboxylic acids is 1. The lowest BCUT2D eigenvalue weighted by Crippen LogP contribution is -2.52. The van der Waals surface area contributed by atoms with Crippen LogP contribution in [0.4, 0.5) is 0 Å². The molecular formula is C13H23NO3. The van der Waals surface area contributed by atoms with Gasteiger partial charge in [0, 0.05) is 13.2 Å². The predicted molar refractivity (Wildman–Crippen MR) is 65.0 cm³/mol. The maximum absolute atomic E-state index is 11.5. The molecule has 0 aromatic heterocycles. The first-order chi connectivity index (χ1) is 8.19. The van der Waals surface area contributed by atoms with Gasteiger partial charge in [0.25, 0.3) is 0 Å². The van der Waals surface area contributed by atoms with Crippen LogP contribution in [0.25, 0.3) is 0 Å². The predicted octanol–water partition coefficient (Wildman–Crippen LogP) is 1.74. The number of carboxylic acid groups (broad SMARTS) is 1. The zero-order valence-corrected chi connectivity index (χ0v) is 10.7. The van der Waals surface area contributed by atoms with E-state index in [0.717, 1.165) is 45.6 Å². The molecular weight excluding hydrogens is 218 g/mol. The molecule has 2 atom stereocenters. The number of nitrogens with zero attached hydrogens (tertiary/aromatic N) is 1. The molecule has 0 spiro atoms. The first-order valence-electron chi connectivity index (χ1n) is 6.75. The number of rotatable bonds is 4. The fourth-order valence-electron chi connectivity index (χ4n) is 3.26. The topological polar surface area (TPSA) is 49.8 Å². The summed E-state index contributed by atoms with van der Waals surface area (Å²) in [6, 6.07) is 0. The van der Waals surface area contributed by atoms with E-state index in [2.05, 4.69) is 4.90 Å². The summed E-state index contributed by atoms with van der Waals surface area (Å²) < 4.78 is 5.48. The largest absolute Gasteiger partial charge is 0.480 e. The van der Waals surface area contributed by atoms with Crippen molar-refractivity contribution in [3.8, 4) is 0 Å². The Bertz CT molecular complexity index is 276. The minimum Gasteiger partial charge on any atom is -0.480 e. The Kier molecular flexibility index (Phi) is 4.05. The number of hydrogen-bond acceptors (Lipinski definition) is 3. The van der Waals surface area contributed by atoms with Crippen LogP contribution in [0.2, 0.25) is 0 Å². The Hall–Kier alpha value is -0.610. The number of aliphatic carboxylic acids is 1. The van der Waals surface area contributed by atoms with Gasteiger partial charge in [0.1, 0.15) is 5.54 Å². The third-order valence-electron chi connectivity index (χ3n) is 4.34. The van der Waals surface area contributed by atoms with Gasteiger partial charge in [-0.05, 0) is 44.6 Å². The molecule has 4 nitrogen and oxygen atoms in total. The highest BCUT2D eigenvalue weighted by molar-refractivity contribution is 5.79. The van der Waals surface area contributed by atoms with E-state index < -0.39 is 11.5 Å². The normalized spacial score (nSPS) is 35.0. The molecule has 0 radical (unpaired) electrons. The number of hydrogen-bond donors (Lipinski definition) is 1. The summed E-state index contributed by atoms with van der Waals surface area (Å²) in [6.07, 6.45) is 4.80.